The Kier molecular flexibility index (Phi) is 6.35. The SMILES string of the molecule is CCCC(C)CC(NCC)C1(N2CCCC2)CCCC1. The largest absolute Gasteiger partial charge is 0.312 e. The molecule has 1 saturated heterocycles. The van der Waals surface area contributed by atoms with Gasteiger partial charge in [0.25, 0.3) is 0 Å². The van der Waals surface area contributed by atoms with E-state index >= 15 is 0 Å². The van der Waals surface area contributed by atoms with Crippen LogP contribution in [-0.2, 0) is 0 Å². The summed E-state index contributed by atoms with van der Waals surface area (Å²) in [6.45, 7) is 10.9. The summed E-state index contributed by atoms with van der Waals surface area (Å²) in [6, 6.07) is 0.717. The van der Waals surface area contributed by atoms with Gasteiger partial charge in [-0.05, 0) is 57.7 Å². The summed E-state index contributed by atoms with van der Waals surface area (Å²) < 4.78 is 0. The van der Waals surface area contributed by atoms with Crippen molar-refractivity contribution in [3.8, 4) is 0 Å². The third kappa shape index (κ3) is 3.57. The normalized spacial score (nSPS) is 25.9. The molecular weight excluding hydrogens is 244 g/mol. The van der Waals surface area contributed by atoms with Crippen molar-refractivity contribution in [1.29, 1.82) is 0 Å². The molecule has 2 fully saturated rings. The maximum atomic E-state index is 3.89. The molecule has 118 valence electrons. The number of rotatable bonds is 8. The summed E-state index contributed by atoms with van der Waals surface area (Å²) in [4.78, 5) is 2.87. The molecule has 2 aliphatic rings. The lowest BCUT2D eigenvalue weighted by Crippen LogP contribution is -2.59. The van der Waals surface area contributed by atoms with Crippen LogP contribution in [-0.4, -0.2) is 36.1 Å². The van der Waals surface area contributed by atoms with Crippen molar-refractivity contribution in [2.75, 3.05) is 19.6 Å². The second kappa shape index (κ2) is 7.79. The third-order valence-electron chi connectivity index (χ3n) is 5.72. The summed E-state index contributed by atoms with van der Waals surface area (Å²) in [5, 5.41) is 3.89. The molecule has 0 amide bonds. The van der Waals surface area contributed by atoms with Gasteiger partial charge in [-0.15, -0.1) is 0 Å². The first kappa shape index (κ1) is 16.3. The summed E-state index contributed by atoms with van der Waals surface area (Å²) in [5.41, 5.74) is 0.495. The molecule has 2 heteroatoms. The van der Waals surface area contributed by atoms with Crippen LogP contribution in [0.2, 0.25) is 0 Å². The van der Waals surface area contributed by atoms with Gasteiger partial charge in [-0.3, -0.25) is 4.90 Å². The van der Waals surface area contributed by atoms with Crippen LogP contribution in [0, 0.1) is 5.92 Å². The summed E-state index contributed by atoms with van der Waals surface area (Å²) in [6.07, 6.45) is 12.7. The number of likely N-dealkylation sites (tertiary alicyclic amines) is 1. The Morgan fingerprint density at radius 3 is 2.25 bits per heavy atom. The van der Waals surface area contributed by atoms with Crippen LogP contribution < -0.4 is 5.32 Å². The fourth-order valence-corrected chi connectivity index (χ4v) is 4.79. The molecule has 20 heavy (non-hydrogen) atoms. The Morgan fingerprint density at radius 2 is 1.70 bits per heavy atom. The zero-order valence-corrected chi connectivity index (χ0v) is 14.1. The van der Waals surface area contributed by atoms with E-state index in [1.165, 1.54) is 70.9 Å². The molecule has 0 aromatic carbocycles. The predicted molar refractivity (Wildman–Crippen MR) is 88.2 cm³/mol. The maximum absolute atomic E-state index is 3.89. The Morgan fingerprint density at radius 1 is 1.05 bits per heavy atom. The van der Waals surface area contributed by atoms with Crippen LogP contribution in [0.15, 0.2) is 0 Å². The standard InChI is InChI=1S/C18H36N2/c1-4-10-16(3)15-17(19-5-2)18(11-6-7-12-18)20-13-8-9-14-20/h16-17,19H,4-15H2,1-3H3. The molecule has 2 atom stereocenters. The van der Waals surface area contributed by atoms with Gasteiger partial charge in [0, 0.05) is 11.6 Å². The number of hydrogen-bond acceptors (Lipinski definition) is 2. The van der Waals surface area contributed by atoms with E-state index < -0.39 is 0 Å². The first-order valence-corrected chi connectivity index (χ1v) is 9.21. The van der Waals surface area contributed by atoms with Crippen LogP contribution in [0.4, 0.5) is 0 Å². The van der Waals surface area contributed by atoms with Crippen LogP contribution in [0.25, 0.3) is 0 Å². The Balaban J connectivity index is 2.09. The molecule has 0 bridgehead atoms. The summed E-state index contributed by atoms with van der Waals surface area (Å²) >= 11 is 0. The molecule has 2 nitrogen and oxygen atoms in total. The molecule has 1 heterocycles. The summed E-state index contributed by atoms with van der Waals surface area (Å²) in [7, 11) is 0. The number of likely N-dealkylation sites (N-methyl/N-ethyl adjacent to an activating group) is 1. The minimum atomic E-state index is 0.495. The van der Waals surface area contributed by atoms with E-state index in [9.17, 15) is 0 Å². The van der Waals surface area contributed by atoms with E-state index in [-0.39, 0.29) is 0 Å². The quantitative estimate of drug-likeness (QED) is 0.717. The molecule has 0 spiro atoms. The van der Waals surface area contributed by atoms with Gasteiger partial charge in [-0.2, -0.15) is 0 Å². The molecule has 1 saturated carbocycles. The van der Waals surface area contributed by atoms with Gasteiger partial charge < -0.3 is 5.32 Å². The lowest BCUT2D eigenvalue weighted by Gasteiger charge is -2.46. The van der Waals surface area contributed by atoms with E-state index in [0.717, 1.165) is 18.5 Å². The van der Waals surface area contributed by atoms with Crippen molar-refractivity contribution in [2.24, 2.45) is 5.92 Å². The molecule has 2 unspecified atom stereocenters. The predicted octanol–water partition coefficient (Wildman–Crippen LogP) is 4.20. The van der Waals surface area contributed by atoms with E-state index in [2.05, 4.69) is 31.0 Å². The Hall–Kier alpha value is -0.0800. The average molecular weight is 280 g/mol. The van der Waals surface area contributed by atoms with E-state index in [4.69, 9.17) is 0 Å². The minimum Gasteiger partial charge on any atom is -0.312 e. The zero-order chi connectivity index (χ0) is 14.4. The van der Waals surface area contributed by atoms with Crippen molar-refractivity contribution in [3.05, 3.63) is 0 Å². The number of nitrogens with one attached hydrogen (secondary N) is 1. The maximum Gasteiger partial charge on any atom is 0.0362 e. The van der Waals surface area contributed by atoms with Crippen molar-refractivity contribution in [1.82, 2.24) is 10.2 Å². The number of hydrogen-bond donors (Lipinski definition) is 1. The fraction of sp³-hybridized carbons (Fsp3) is 1.00. The van der Waals surface area contributed by atoms with Crippen LogP contribution in [0.5, 0.6) is 0 Å². The van der Waals surface area contributed by atoms with Crippen LogP contribution in [0.3, 0.4) is 0 Å². The first-order valence-electron chi connectivity index (χ1n) is 9.21. The highest BCUT2D eigenvalue weighted by molar-refractivity contribution is 5.05. The molecule has 0 radical (unpaired) electrons. The highest BCUT2D eigenvalue weighted by atomic mass is 15.2. The Bertz CT molecular complexity index is 265. The molecule has 2 rings (SSSR count). The second-order valence-corrected chi connectivity index (χ2v) is 7.24. The number of nitrogens with zero attached hydrogens (tertiary/aromatic N) is 1. The van der Waals surface area contributed by atoms with Gasteiger partial charge >= 0.3 is 0 Å². The van der Waals surface area contributed by atoms with Crippen molar-refractivity contribution in [2.45, 2.75) is 90.1 Å². The molecule has 1 aliphatic heterocycles. The van der Waals surface area contributed by atoms with Crippen molar-refractivity contribution < 1.29 is 0 Å². The molecular formula is C18H36N2. The van der Waals surface area contributed by atoms with Crippen LogP contribution >= 0.6 is 0 Å². The molecule has 0 aromatic heterocycles. The highest BCUT2D eigenvalue weighted by Crippen LogP contribution is 2.42. The minimum absolute atomic E-state index is 0.495. The molecule has 0 aromatic rings. The van der Waals surface area contributed by atoms with E-state index in [0.29, 0.717) is 5.54 Å². The fourth-order valence-electron chi connectivity index (χ4n) is 4.79. The van der Waals surface area contributed by atoms with Gasteiger partial charge in [0.05, 0.1) is 0 Å². The lowest BCUT2D eigenvalue weighted by molar-refractivity contribution is 0.0666. The topological polar surface area (TPSA) is 15.3 Å². The summed E-state index contributed by atoms with van der Waals surface area (Å²) in [5.74, 6) is 0.865. The van der Waals surface area contributed by atoms with Gasteiger partial charge in [0.2, 0.25) is 0 Å². The van der Waals surface area contributed by atoms with E-state index in [1.807, 2.05) is 0 Å². The lowest BCUT2D eigenvalue weighted by atomic mass is 9.80. The van der Waals surface area contributed by atoms with Gasteiger partial charge in [0.1, 0.15) is 0 Å². The van der Waals surface area contributed by atoms with Crippen LogP contribution in [0.1, 0.15) is 78.6 Å². The monoisotopic (exact) mass is 280 g/mol. The Labute approximate surface area is 126 Å². The van der Waals surface area contributed by atoms with Gasteiger partial charge in [0.15, 0.2) is 0 Å². The second-order valence-electron chi connectivity index (χ2n) is 7.24. The van der Waals surface area contributed by atoms with E-state index in [1.54, 1.807) is 0 Å². The smallest absolute Gasteiger partial charge is 0.0362 e. The highest BCUT2D eigenvalue weighted by Gasteiger charge is 2.46. The zero-order valence-electron chi connectivity index (χ0n) is 14.1. The van der Waals surface area contributed by atoms with Gasteiger partial charge in [-0.25, -0.2) is 0 Å². The van der Waals surface area contributed by atoms with Crippen molar-refractivity contribution in [3.63, 3.8) is 0 Å². The molecule has 1 N–H and O–H groups in total. The van der Waals surface area contributed by atoms with Gasteiger partial charge in [-0.1, -0.05) is 46.5 Å². The average Bonchev–Trinajstić information content (AvgIpc) is 3.10. The van der Waals surface area contributed by atoms with Crippen molar-refractivity contribution >= 4 is 0 Å². The third-order valence-corrected chi connectivity index (χ3v) is 5.72. The molecule has 1 aliphatic carbocycles. The first-order chi connectivity index (χ1) is 9.73.